The minimum atomic E-state index is -1.53. The molecule has 122 valence electrons. The maximum absolute atomic E-state index is 12.2. The number of rotatable bonds is 8. The van der Waals surface area contributed by atoms with Crippen LogP contribution in [0.1, 0.15) is 12.0 Å². The van der Waals surface area contributed by atoms with Crippen molar-refractivity contribution in [2.24, 2.45) is 5.92 Å². The molecule has 1 atom stereocenters. The van der Waals surface area contributed by atoms with Gasteiger partial charge in [0.25, 0.3) is 0 Å². The normalized spacial score (nSPS) is 12.1. The first kappa shape index (κ1) is 17.5. The van der Waals surface area contributed by atoms with E-state index in [2.05, 4.69) is 0 Å². The van der Waals surface area contributed by atoms with E-state index in [1.54, 1.807) is 0 Å². The van der Waals surface area contributed by atoms with Crippen molar-refractivity contribution in [3.63, 3.8) is 0 Å². The lowest BCUT2D eigenvalue weighted by molar-refractivity contribution is -0.152. The molecule has 0 fully saturated rings. The van der Waals surface area contributed by atoms with Crippen LogP contribution < -0.4 is 0 Å². The molecule has 0 aliphatic rings. The number of ether oxygens (including phenoxy) is 1. The van der Waals surface area contributed by atoms with E-state index in [0.29, 0.717) is 5.75 Å². The molecular formula is C18H20O4S. The molecule has 2 aromatic rings. The standard InChI is InChI=1S/C18H20O4S/c19-17(20)11-15(13-23-16-9-5-2-6-10-16)18(21)22-12-14-7-3-1-4-8-14/h1-10,15,17,19-20H,11-13H2/t15-/m0/s1. The molecule has 0 aromatic heterocycles. The van der Waals surface area contributed by atoms with Crippen molar-refractivity contribution in [3.8, 4) is 0 Å². The summed E-state index contributed by atoms with van der Waals surface area (Å²) >= 11 is 1.50. The number of aliphatic hydroxyl groups is 2. The smallest absolute Gasteiger partial charge is 0.310 e. The Morgan fingerprint density at radius 3 is 2.22 bits per heavy atom. The van der Waals surface area contributed by atoms with Gasteiger partial charge < -0.3 is 14.9 Å². The SMILES string of the molecule is O=C(OCc1ccccc1)[C@H](CSc1ccccc1)CC(O)O. The fourth-order valence-corrected chi connectivity index (χ4v) is 3.06. The fourth-order valence-electron chi connectivity index (χ4n) is 2.05. The highest BCUT2D eigenvalue weighted by molar-refractivity contribution is 7.99. The highest BCUT2D eigenvalue weighted by Gasteiger charge is 2.23. The zero-order chi connectivity index (χ0) is 16.5. The van der Waals surface area contributed by atoms with Crippen LogP contribution in [0.3, 0.4) is 0 Å². The van der Waals surface area contributed by atoms with Gasteiger partial charge in [0, 0.05) is 17.1 Å². The van der Waals surface area contributed by atoms with Crippen LogP contribution in [0.5, 0.6) is 0 Å². The fraction of sp³-hybridized carbons (Fsp3) is 0.278. The predicted molar refractivity (Wildman–Crippen MR) is 89.7 cm³/mol. The van der Waals surface area contributed by atoms with Gasteiger partial charge in [-0.25, -0.2) is 0 Å². The average molecular weight is 332 g/mol. The predicted octanol–water partition coefficient (Wildman–Crippen LogP) is 2.84. The summed E-state index contributed by atoms with van der Waals surface area (Å²) < 4.78 is 5.31. The molecule has 0 aliphatic heterocycles. The Balaban J connectivity index is 1.89. The number of hydrogen-bond donors (Lipinski definition) is 2. The second-order valence-corrected chi connectivity index (χ2v) is 6.22. The molecule has 2 aromatic carbocycles. The summed E-state index contributed by atoms with van der Waals surface area (Å²) in [6, 6.07) is 19.1. The number of thioether (sulfide) groups is 1. The number of aliphatic hydroxyl groups excluding tert-OH is 1. The van der Waals surface area contributed by atoms with Crippen LogP contribution in [0.25, 0.3) is 0 Å². The van der Waals surface area contributed by atoms with Crippen LogP contribution in [-0.4, -0.2) is 28.2 Å². The topological polar surface area (TPSA) is 66.8 Å². The van der Waals surface area contributed by atoms with Crippen LogP contribution >= 0.6 is 11.8 Å². The highest BCUT2D eigenvalue weighted by Crippen LogP contribution is 2.23. The van der Waals surface area contributed by atoms with Crippen molar-refractivity contribution in [2.75, 3.05) is 5.75 Å². The first-order valence-electron chi connectivity index (χ1n) is 7.39. The number of carbonyl (C=O) groups excluding carboxylic acids is 1. The minimum absolute atomic E-state index is 0.0343. The van der Waals surface area contributed by atoms with E-state index < -0.39 is 18.2 Å². The number of esters is 1. The number of carbonyl (C=O) groups is 1. The van der Waals surface area contributed by atoms with Gasteiger partial charge in [-0.2, -0.15) is 0 Å². The Bertz CT molecular complexity index is 586. The van der Waals surface area contributed by atoms with Gasteiger partial charge in [0.15, 0.2) is 6.29 Å². The lowest BCUT2D eigenvalue weighted by Crippen LogP contribution is -2.25. The third-order valence-corrected chi connectivity index (χ3v) is 4.42. The molecule has 2 N–H and O–H groups in total. The van der Waals surface area contributed by atoms with Crippen LogP contribution in [0.2, 0.25) is 0 Å². The molecule has 0 saturated carbocycles. The van der Waals surface area contributed by atoms with Crippen LogP contribution in [0, 0.1) is 5.92 Å². The first-order valence-corrected chi connectivity index (χ1v) is 8.38. The Morgan fingerprint density at radius 1 is 1.00 bits per heavy atom. The first-order chi connectivity index (χ1) is 11.1. The van der Waals surface area contributed by atoms with E-state index in [1.807, 2.05) is 60.7 Å². The summed E-state index contributed by atoms with van der Waals surface area (Å²) in [5.41, 5.74) is 0.903. The second kappa shape index (κ2) is 9.35. The van der Waals surface area contributed by atoms with Gasteiger partial charge in [-0.3, -0.25) is 4.79 Å². The molecule has 0 bridgehead atoms. The number of hydrogen-bond acceptors (Lipinski definition) is 5. The third-order valence-electron chi connectivity index (χ3n) is 3.25. The van der Waals surface area contributed by atoms with Gasteiger partial charge in [0.2, 0.25) is 0 Å². The van der Waals surface area contributed by atoms with Crippen LogP contribution in [-0.2, 0) is 16.1 Å². The van der Waals surface area contributed by atoms with Crippen molar-refractivity contribution >= 4 is 17.7 Å². The lowest BCUT2D eigenvalue weighted by atomic mass is 10.1. The zero-order valence-electron chi connectivity index (χ0n) is 12.7. The average Bonchev–Trinajstić information content (AvgIpc) is 2.58. The van der Waals surface area contributed by atoms with Gasteiger partial charge in [-0.1, -0.05) is 48.5 Å². The van der Waals surface area contributed by atoms with Crippen LogP contribution in [0.15, 0.2) is 65.6 Å². The van der Waals surface area contributed by atoms with Gasteiger partial charge >= 0.3 is 5.97 Å². The Hall–Kier alpha value is -1.82. The maximum Gasteiger partial charge on any atom is 0.310 e. The molecule has 4 nitrogen and oxygen atoms in total. The number of benzene rings is 2. The summed E-state index contributed by atoms with van der Waals surface area (Å²) in [5.74, 6) is -0.538. The largest absolute Gasteiger partial charge is 0.461 e. The second-order valence-electron chi connectivity index (χ2n) is 5.13. The van der Waals surface area contributed by atoms with Crippen molar-refractivity contribution in [1.29, 1.82) is 0 Å². The molecule has 0 radical (unpaired) electrons. The van der Waals surface area contributed by atoms with E-state index in [0.717, 1.165) is 10.5 Å². The molecule has 5 heteroatoms. The Labute approximate surface area is 140 Å². The van der Waals surface area contributed by atoms with Gasteiger partial charge in [0.05, 0.1) is 5.92 Å². The zero-order valence-corrected chi connectivity index (χ0v) is 13.5. The minimum Gasteiger partial charge on any atom is -0.461 e. The van der Waals surface area contributed by atoms with Crippen molar-refractivity contribution in [1.82, 2.24) is 0 Å². The molecule has 0 amide bonds. The van der Waals surface area contributed by atoms with E-state index in [4.69, 9.17) is 4.74 Å². The summed E-state index contributed by atoms with van der Waals surface area (Å²) in [4.78, 5) is 13.2. The Morgan fingerprint density at radius 2 is 1.61 bits per heavy atom. The van der Waals surface area contributed by atoms with E-state index in [9.17, 15) is 15.0 Å². The molecule has 23 heavy (non-hydrogen) atoms. The maximum atomic E-state index is 12.2. The monoisotopic (exact) mass is 332 g/mol. The molecular weight excluding hydrogens is 312 g/mol. The van der Waals surface area contributed by atoms with Crippen LogP contribution in [0.4, 0.5) is 0 Å². The highest BCUT2D eigenvalue weighted by atomic mass is 32.2. The summed E-state index contributed by atoms with van der Waals surface area (Å²) in [7, 11) is 0. The quantitative estimate of drug-likeness (QED) is 0.442. The summed E-state index contributed by atoms with van der Waals surface area (Å²) in [6.07, 6.45) is -1.56. The molecule has 0 unspecified atom stereocenters. The summed E-state index contributed by atoms with van der Waals surface area (Å²) in [6.45, 7) is 0.188. The molecule has 0 spiro atoms. The van der Waals surface area contributed by atoms with E-state index in [1.165, 1.54) is 11.8 Å². The molecule has 0 aliphatic carbocycles. The summed E-state index contributed by atoms with van der Waals surface area (Å²) in [5, 5.41) is 18.4. The van der Waals surface area contributed by atoms with E-state index >= 15 is 0 Å². The third kappa shape index (κ3) is 6.44. The Kier molecular flexibility index (Phi) is 7.13. The van der Waals surface area contributed by atoms with Crippen molar-refractivity contribution in [2.45, 2.75) is 24.2 Å². The van der Waals surface area contributed by atoms with Gasteiger partial charge in [-0.05, 0) is 17.7 Å². The van der Waals surface area contributed by atoms with Gasteiger partial charge in [0.1, 0.15) is 6.61 Å². The lowest BCUT2D eigenvalue weighted by Gasteiger charge is -2.16. The molecule has 0 saturated heterocycles. The van der Waals surface area contributed by atoms with Gasteiger partial charge in [-0.15, -0.1) is 11.8 Å². The molecule has 2 rings (SSSR count). The van der Waals surface area contributed by atoms with Crippen molar-refractivity contribution < 1.29 is 19.7 Å². The van der Waals surface area contributed by atoms with E-state index in [-0.39, 0.29) is 13.0 Å². The molecule has 0 heterocycles. The van der Waals surface area contributed by atoms with Crippen molar-refractivity contribution in [3.05, 3.63) is 66.2 Å².